The Labute approximate surface area is 212 Å². The van der Waals surface area contributed by atoms with Crippen molar-refractivity contribution in [1.29, 1.82) is 10.5 Å². The Kier molecular flexibility index (Phi) is 6.69. The molecule has 9 heteroatoms. The lowest BCUT2D eigenvalue weighted by Gasteiger charge is -2.45. The molecule has 2 aromatic rings. The summed E-state index contributed by atoms with van der Waals surface area (Å²) in [4.78, 5) is 33.1. The van der Waals surface area contributed by atoms with E-state index in [1.54, 1.807) is 24.7 Å². The average molecular weight is 485 g/mol. The lowest BCUT2D eigenvalue weighted by atomic mass is 9.68. The van der Waals surface area contributed by atoms with Crippen LogP contribution < -0.4 is 9.80 Å². The molecule has 0 radical (unpaired) electrons. The number of nitrogens with zero attached hydrogens (tertiary/aromatic N) is 8. The highest BCUT2D eigenvalue weighted by molar-refractivity contribution is 5.87. The average Bonchev–Trinajstić information content (AvgIpc) is 3.15. The number of nitriles is 2. The number of carbonyl (C=O) groups is 1. The maximum atomic E-state index is 13.2. The van der Waals surface area contributed by atoms with E-state index in [1.807, 2.05) is 11.8 Å². The third-order valence-electron chi connectivity index (χ3n) is 7.46. The number of rotatable bonds is 3. The molecule has 2 fully saturated rings. The fourth-order valence-electron chi connectivity index (χ4n) is 5.42. The first-order valence-corrected chi connectivity index (χ1v) is 12.3. The van der Waals surface area contributed by atoms with Crippen LogP contribution in [0.1, 0.15) is 51.2 Å². The van der Waals surface area contributed by atoms with Crippen LogP contribution in [0.3, 0.4) is 0 Å². The number of piperazine rings is 1. The van der Waals surface area contributed by atoms with Gasteiger partial charge in [-0.05, 0) is 38.3 Å². The molecule has 0 aromatic carbocycles. The summed E-state index contributed by atoms with van der Waals surface area (Å²) in [5, 5.41) is 18.9. The van der Waals surface area contributed by atoms with Gasteiger partial charge < -0.3 is 14.7 Å². The summed E-state index contributed by atoms with van der Waals surface area (Å²) in [7, 11) is 0. The van der Waals surface area contributed by atoms with Crippen LogP contribution in [0.15, 0.2) is 37.8 Å². The number of amides is 1. The predicted octanol–water partition coefficient (Wildman–Crippen LogP) is 3.71. The number of fused-ring (bicyclic) bond motifs is 1. The molecule has 4 heterocycles. The first kappa shape index (κ1) is 25.1. The zero-order valence-corrected chi connectivity index (χ0v) is 21.2. The van der Waals surface area contributed by atoms with Crippen LogP contribution in [0, 0.1) is 28.1 Å². The van der Waals surface area contributed by atoms with Crippen LogP contribution in [0.4, 0.5) is 17.5 Å². The normalized spacial score (nSPS) is 21.2. The van der Waals surface area contributed by atoms with Crippen molar-refractivity contribution in [3.8, 4) is 12.1 Å². The van der Waals surface area contributed by atoms with Crippen molar-refractivity contribution in [2.75, 3.05) is 36.0 Å². The number of carbonyl (C=O) groups excluding carboxylic acids is 1. The minimum atomic E-state index is -0.819. The second-order valence-corrected chi connectivity index (χ2v) is 10.2. The Hall–Kier alpha value is -3.98. The highest BCUT2D eigenvalue weighted by Crippen LogP contribution is 2.47. The van der Waals surface area contributed by atoms with E-state index in [0.717, 1.165) is 23.6 Å². The van der Waals surface area contributed by atoms with E-state index in [1.165, 1.54) is 0 Å². The van der Waals surface area contributed by atoms with Gasteiger partial charge >= 0.3 is 0 Å². The summed E-state index contributed by atoms with van der Waals surface area (Å²) in [6, 6.07) is 7.93. The molecule has 5 rings (SSSR count). The minimum absolute atomic E-state index is 0.0173. The van der Waals surface area contributed by atoms with Gasteiger partial charge in [-0.15, -0.1) is 13.2 Å². The van der Waals surface area contributed by atoms with Gasteiger partial charge in [0, 0.05) is 49.4 Å². The summed E-state index contributed by atoms with van der Waals surface area (Å²) in [5.41, 5.74) is 0.559. The Morgan fingerprint density at radius 3 is 2.47 bits per heavy atom. The fourth-order valence-corrected chi connectivity index (χ4v) is 5.42. The van der Waals surface area contributed by atoms with Gasteiger partial charge in [-0.3, -0.25) is 4.79 Å². The van der Waals surface area contributed by atoms with Crippen LogP contribution in [-0.4, -0.2) is 58.0 Å². The van der Waals surface area contributed by atoms with Crippen LogP contribution in [-0.2, 0) is 10.2 Å². The Morgan fingerprint density at radius 2 is 1.86 bits per heavy atom. The van der Waals surface area contributed by atoms with Crippen LogP contribution in [0.2, 0.25) is 0 Å². The van der Waals surface area contributed by atoms with Gasteiger partial charge in [0.15, 0.2) is 0 Å². The van der Waals surface area contributed by atoms with Gasteiger partial charge in [0.05, 0.1) is 17.7 Å². The van der Waals surface area contributed by atoms with Crippen LogP contribution in [0.25, 0.3) is 0 Å². The molecular formula is C27H32N8O. The van der Waals surface area contributed by atoms with Crippen molar-refractivity contribution >= 4 is 23.4 Å². The van der Waals surface area contributed by atoms with Gasteiger partial charge in [-0.1, -0.05) is 13.8 Å². The molecule has 1 saturated carbocycles. The second kappa shape index (κ2) is 9.58. The smallest absolute Gasteiger partial charge is 0.243 e. The first-order chi connectivity index (χ1) is 17.3. The zero-order chi connectivity index (χ0) is 26.1. The van der Waals surface area contributed by atoms with Crippen molar-refractivity contribution < 1.29 is 4.79 Å². The number of pyridine rings is 1. The van der Waals surface area contributed by atoms with E-state index in [2.05, 4.69) is 63.9 Å². The van der Waals surface area contributed by atoms with Crippen LogP contribution in [0.5, 0.6) is 0 Å². The lowest BCUT2D eigenvalue weighted by molar-refractivity contribution is -0.145. The first-order valence-electron chi connectivity index (χ1n) is 12.3. The molecule has 1 saturated heterocycles. The van der Waals surface area contributed by atoms with E-state index in [4.69, 9.17) is 0 Å². The number of aromatic nitrogens is 3. The largest absolute Gasteiger partial charge is 0.352 e. The maximum Gasteiger partial charge on any atom is 0.243 e. The second-order valence-electron chi connectivity index (χ2n) is 10.2. The molecule has 0 unspecified atom stereocenters. The van der Waals surface area contributed by atoms with Gasteiger partial charge in [-0.2, -0.15) is 10.5 Å². The van der Waals surface area contributed by atoms with Gasteiger partial charge in [-0.25, -0.2) is 15.0 Å². The SMILES string of the molecule is C=C.C[C@@H]1CN(c2ncnc3c2C(C)(C)CN3c2cc(C#N)ccn2)CCN1C(=O)C1(C#N)CCC1. The topological polar surface area (TPSA) is 113 Å². The van der Waals surface area contributed by atoms with Gasteiger partial charge in [0.2, 0.25) is 5.91 Å². The summed E-state index contributed by atoms with van der Waals surface area (Å²) in [6.45, 7) is 14.9. The molecule has 1 amide bonds. The van der Waals surface area contributed by atoms with E-state index in [0.29, 0.717) is 50.4 Å². The summed E-state index contributed by atoms with van der Waals surface area (Å²) < 4.78 is 0. The Morgan fingerprint density at radius 1 is 1.14 bits per heavy atom. The molecule has 3 aliphatic rings. The lowest BCUT2D eigenvalue weighted by Crippen LogP contribution is -2.59. The van der Waals surface area contributed by atoms with E-state index < -0.39 is 5.41 Å². The third kappa shape index (κ3) is 4.05. The zero-order valence-electron chi connectivity index (χ0n) is 21.2. The highest BCUT2D eigenvalue weighted by Gasteiger charge is 2.49. The van der Waals surface area contributed by atoms with Crippen molar-refractivity contribution in [1.82, 2.24) is 19.9 Å². The van der Waals surface area contributed by atoms with Gasteiger partial charge in [0.1, 0.15) is 29.2 Å². The molecule has 1 atom stereocenters. The quantitative estimate of drug-likeness (QED) is 0.606. The molecule has 36 heavy (non-hydrogen) atoms. The fraction of sp³-hybridized carbons (Fsp3) is 0.481. The van der Waals surface area contributed by atoms with Gasteiger partial charge in [0.25, 0.3) is 0 Å². The molecule has 2 aromatic heterocycles. The molecule has 0 N–H and O–H groups in total. The Balaban J connectivity index is 0.00000148. The highest BCUT2D eigenvalue weighted by atomic mass is 16.2. The molecule has 9 nitrogen and oxygen atoms in total. The number of anilines is 3. The van der Waals surface area contributed by atoms with Crippen LogP contribution >= 0.6 is 0 Å². The number of hydrogen-bond donors (Lipinski definition) is 0. The number of hydrogen-bond acceptors (Lipinski definition) is 8. The van der Waals surface area contributed by atoms with E-state index >= 15 is 0 Å². The third-order valence-corrected chi connectivity index (χ3v) is 7.46. The molecular weight excluding hydrogens is 452 g/mol. The maximum absolute atomic E-state index is 13.2. The molecule has 2 aliphatic heterocycles. The standard InChI is InChI=1S/C25H28N8O.C2H4/c1-17-13-31(9-10-32(17)23(34)25(14-27)6-4-7-25)21-20-22(30-16-29-21)33(15-24(20,2)3)19-11-18(12-26)5-8-28-19;1-2/h5,8,11,16-17H,4,6-7,9-10,13,15H2,1-3H3;1-2H2/t17-;/m1./s1. The van der Waals surface area contributed by atoms with Crippen molar-refractivity contribution in [3.05, 3.63) is 48.9 Å². The Bertz CT molecular complexity index is 1240. The predicted molar refractivity (Wildman–Crippen MR) is 138 cm³/mol. The molecule has 0 bridgehead atoms. The molecule has 1 aliphatic carbocycles. The molecule has 0 spiro atoms. The monoisotopic (exact) mass is 484 g/mol. The summed E-state index contributed by atoms with van der Waals surface area (Å²) in [5.74, 6) is 2.37. The van der Waals surface area contributed by atoms with Crippen molar-refractivity contribution in [2.45, 2.75) is 51.5 Å². The summed E-state index contributed by atoms with van der Waals surface area (Å²) >= 11 is 0. The van der Waals surface area contributed by atoms with Crippen molar-refractivity contribution in [2.24, 2.45) is 5.41 Å². The minimum Gasteiger partial charge on any atom is -0.352 e. The van der Waals surface area contributed by atoms with E-state index in [9.17, 15) is 15.3 Å². The van der Waals surface area contributed by atoms with E-state index in [-0.39, 0.29) is 17.4 Å². The molecule has 186 valence electrons. The van der Waals surface area contributed by atoms with Crippen molar-refractivity contribution in [3.63, 3.8) is 0 Å². The summed E-state index contributed by atoms with van der Waals surface area (Å²) in [6.07, 6.45) is 5.50.